The van der Waals surface area contributed by atoms with Crippen molar-refractivity contribution in [3.63, 3.8) is 0 Å². The number of hydrogen-bond acceptors (Lipinski definition) is 4. The van der Waals surface area contributed by atoms with Crippen LogP contribution in [-0.2, 0) is 14.8 Å². The molecule has 0 atom stereocenters. The average molecular weight is 309 g/mol. The van der Waals surface area contributed by atoms with E-state index in [1.165, 1.54) is 18.9 Å². The molecule has 5 nitrogen and oxygen atoms in total. The van der Waals surface area contributed by atoms with E-state index in [2.05, 4.69) is 0 Å². The van der Waals surface area contributed by atoms with E-state index in [1.54, 1.807) is 6.08 Å². The van der Waals surface area contributed by atoms with Crippen molar-refractivity contribution in [2.24, 2.45) is 0 Å². The van der Waals surface area contributed by atoms with Crippen molar-refractivity contribution in [3.8, 4) is 5.75 Å². The van der Waals surface area contributed by atoms with Gasteiger partial charge in [0.25, 0.3) is 5.91 Å². The minimum Gasteiger partial charge on any atom is -0.490 e. The van der Waals surface area contributed by atoms with Crippen molar-refractivity contribution < 1.29 is 17.9 Å². The van der Waals surface area contributed by atoms with Gasteiger partial charge in [0.15, 0.2) is 0 Å². The number of ether oxygens (including phenoxy) is 1. The molecule has 2 rings (SSSR count). The molecule has 1 saturated carbocycles. The van der Waals surface area contributed by atoms with E-state index in [1.807, 2.05) is 29.0 Å². The largest absolute Gasteiger partial charge is 0.490 e. The smallest absolute Gasteiger partial charge is 0.257 e. The monoisotopic (exact) mass is 309 g/mol. The molecule has 1 N–H and O–H groups in total. The van der Waals surface area contributed by atoms with Crippen LogP contribution in [0.15, 0.2) is 30.3 Å². The second-order valence-corrected chi connectivity index (χ2v) is 6.92. The van der Waals surface area contributed by atoms with Gasteiger partial charge in [-0.05, 0) is 49.5 Å². The third-order valence-corrected chi connectivity index (χ3v) is 3.75. The molecule has 0 bridgehead atoms. The second kappa shape index (κ2) is 6.76. The van der Waals surface area contributed by atoms with Gasteiger partial charge in [0.05, 0.1) is 12.4 Å². The molecule has 1 aromatic carbocycles. The summed E-state index contributed by atoms with van der Waals surface area (Å²) < 4.78 is 29.6. The van der Waals surface area contributed by atoms with Crippen LogP contribution in [0.4, 0.5) is 0 Å². The molecular weight excluding hydrogens is 290 g/mol. The Morgan fingerprint density at radius 2 is 2.05 bits per heavy atom. The van der Waals surface area contributed by atoms with Crippen molar-refractivity contribution >= 4 is 22.0 Å². The Morgan fingerprint density at radius 1 is 1.33 bits per heavy atom. The second-order valence-electron chi connectivity index (χ2n) is 5.17. The highest BCUT2D eigenvalue weighted by Gasteiger charge is 2.16. The van der Waals surface area contributed by atoms with E-state index in [4.69, 9.17) is 4.74 Å². The maximum atomic E-state index is 11.4. The van der Waals surface area contributed by atoms with Gasteiger partial charge in [-0.2, -0.15) is 0 Å². The van der Waals surface area contributed by atoms with Crippen LogP contribution in [0.3, 0.4) is 0 Å². The lowest BCUT2D eigenvalue weighted by Gasteiger charge is -2.13. The lowest BCUT2D eigenvalue weighted by Crippen LogP contribution is -2.27. The minimum atomic E-state index is -3.53. The number of carbonyl (C=O) groups excluding carboxylic acids is 1. The Morgan fingerprint density at radius 3 is 2.71 bits per heavy atom. The van der Waals surface area contributed by atoms with E-state index in [0.29, 0.717) is 0 Å². The molecule has 0 unspecified atom stereocenters. The predicted octanol–water partition coefficient (Wildman–Crippen LogP) is 2.10. The highest BCUT2D eigenvalue weighted by Crippen LogP contribution is 2.24. The molecule has 1 fully saturated rings. The maximum absolute atomic E-state index is 11.4. The molecule has 6 heteroatoms. The van der Waals surface area contributed by atoms with Gasteiger partial charge in [0.1, 0.15) is 5.75 Å². The predicted molar refractivity (Wildman–Crippen MR) is 81.3 cm³/mol. The van der Waals surface area contributed by atoms with Gasteiger partial charge in [0.2, 0.25) is 10.0 Å². The van der Waals surface area contributed by atoms with E-state index < -0.39 is 15.9 Å². The summed E-state index contributed by atoms with van der Waals surface area (Å²) in [5.74, 6) is 0.104. The summed E-state index contributed by atoms with van der Waals surface area (Å²) in [6.45, 7) is 0. The zero-order valence-electron chi connectivity index (χ0n) is 11.9. The van der Waals surface area contributed by atoms with Crippen molar-refractivity contribution in [2.45, 2.75) is 31.8 Å². The molecule has 1 aliphatic rings. The fourth-order valence-corrected chi connectivity index (χ4v) is 2.71. The van der Waals surface area contributed by atoms with Crippen LogP contribution >= 0.6 is 0 Å². The number of amides is 1. The highest BCUT2D eigenvalue weighted by molar-refractivity contribution is 7.89. The molecule has 21 heavy (non-hydrogen) atoms. The summed E-state index contributed by atoms with van der Waals surface area (Å²) in [5, 5.41) is 0. The van der Waals surface area contributed by atoms with Crippen LogP contribution in [-0.4, -0.2) is 26.7 Å². The van der Waals surface area contributed by atoms with Crippen LogP contribution in [0.2, 0.25) is 0 Å². The number of benzene rings is 1. The molecule has 0 aromatic heterocycles. The number of sulfonamides is 1. The Kier molecular flexibility index (Phi) is 5.01. The average Bonchev–Trinajstić information content (AvgIpc) is 2.88. The summed E-state index contributed by atoms with van der Waals surface area (Å²) in [7, 11) is -3.53. The van der Waals surface area contributed by atoms with Crippen molar-refractivity contribution in [3.05, 3.63) is 35.9 Å². The van der Waals surface area contributed by atoms with Gasteiger partial charge >= 0.3 is 0 Å². The van der Waals surface area contributed by atoms with Gasteiger partial charge in [-0.1, -0.05) is 12.1 Å². The first-order chi connectivity index (χ1) is 9.92. The minimum absolute atomic E-state index is 0.276. The van der Waals surface area contributed by atoms with Crippen molar-refractivity contribution in [2.75, 3.05) is 6.26 Å². The van der Waals surface area contributed by atoms with Crippen molar-refractivity contribution in [1.29, 1.82) is 0 Å². The molecule has 1 aliphatic carbocycles. The third kappa shape index (κ3) is 5.59. The van der Waals surface area contributed by atoms with Crippen LogP contribution in [0, 0.1) is 0 Å². The molecule has 1 aromatic rings. The first-order valence-corrected chi connectivity index (χ1v) is 8.78. The van der Waals surface area contributed by atoms with Crippen LogP contribution < -0.4 is 9.46 Å². The van der Waals surface area contributed by atoms with Gasteiger partial charge in [-0.3, -0.25) is 4.79 Å². The van der Waals surface area contributed by atoms with Crippen LogP contribution in [0.1, 0.15) is 31.2 Å². The van der Waals surface area contributed by atoms with E-state index in [-0.39, 0.29) is 6.10 Å². The molecule has 1 amide bonds. The summed E-state index contributed by atoms with van der Waals surface area (Å²) in [6, 6.07) is 7.39. The number of hydrogen-bond donors (Lipinski definition) is 1. The lowest BCUT2D eigenvalue weighted by atomic mass is 10.2. The maximum Gasteiger partial charge on any atom is 0.257 e. The quantitative estimate of drug-likeness (QED) is 0.845. The summed E-state index contributed by atoms with van der Waals surface area (Å²) in [5.41, 5.74) is 0.786. The van der Waals surface area contributed by atoms with E-state index >= 15 is 0 Å². The number of nitrogens with one attached hydrogen (secondary N) is 1. The Labute approximate surface area is 125 Å². The SMILES string of the molecule is CS(=O)(=O)NC(=O)C=Cc1cccc(OC2CCCC2)c1. The van der Waals surface area contributed by atoms with E-state index in [9.17, 15) is 13.2 Å². The Bertz CT molecular complexity index is 631. The molecule has 114 valence electrons. The summed E-state index contributed by atoms with van der Waals surface area (Å²) >= 11 is 0. The highest BCUT2D eigenvalue weighted by atomic mass is 32.2. The molecule has 0 radical (unpaired) electrons. The lowest BCUT2D eigenvalue weighted by molar-refractivity contribution is -0.114. The molecule has 0 spiro atoms. The normalized spacial score (nSPS) is 16.2. The Balaban J connectivity index is 1.98. The molecule has 0 heterocycles. The van der Waals surface area contributed by atoms with Gasteiger partial charge < -0.3 is 4.74 Å². The first-order valence-electron chi connectivity index (χ1n) is 6.89. The summed E-state index contributed by atoms with van der Waals surface area (Å²) in [6.07, 6.45) is 8.53. The molecular formula is C15H19NO4S. The fraction of sp³-hybridized carbons (Fsp3) is 0.400. The van der Waals surface area contributed by atoms with Gasteiger partial charge in [-0.25, -0.2) is 13.1 Å². The zero-order valence-corrected chi connectivity index (χ0v) is 12.7. The van der Waals surface area contributed by atoms with E-state index in [0.717, 1.165) is 30.4 Å². The topological polar surface area (TPSA) is 72.5 Å². The number of rotatable bonds is 5. The van der Waals surface area contributed by atoms with Crippen molar-refractivity contribution in [1.82, 2.24) is 4.72 Å². The van der Waals surface area contributed by atoms with Crippen LogP contribution in [0.25, 0.3) is 6.08 Å². The molecule has 0 saturated heterocycles. The third-order valence-electron chi connectivity index (χ3n) is 3.18. The molecule has 0 aliphatic heterocycles. The standard InChI is InChI=1S/C15H19NO4S/c1-21(18,19)16-15(17)10-9-12-5-4-8-14(11-12)20-13-6-2-3-7-13/h4-5,8-11,13H,2-3,6-7H2,1H3,(H,16,17). The van der Waals surface area contributed by atoms with Crippen LogP contribution in [0.5, 0.6) is 5.75 Å². The zero-order chi connectivity index (χ0) is 15.3. The van der Waals surface area contributed by atoms with Gasteiger partial charge in [-0.15, -0.1) is 0 Å². The summed E-state index contributed by atoms with van der Waals surface area (Å²) in [4.78, 5) is 11.4. The Hall–Kier alpha value is -1.82. The first kappa shape index (κ1) is 15.6. The number of carbonyl (C=O) groups is 1. The van der Waals surface area contributed by atoms with Gasteiger partial charge in [0, 0.05) is 6.08 Å². The fourth-order valence-electron chi connectivity index (χ4n) is 2.28.